The maximum Gasteiger partial charge on any atom is 0.287 e. The molecule has 3 rings (SSSR count). The Balaban J connectivity index is 1.83. The number of hydrogen-bond acceptors (Lipinski definition) is 7. The Hall–Kier alpha value is -3.62. The van der Waals surface area contributed by atoms with E-state index >= 15 is 0 Å². The smallest absolute Gasteiger partial charge is 0.287 e. The molecule has 9 heteroatoms. The molecule has 3 aromatic rings. The zero-order valence-electron chi connectivity index (χ0n) is 13.4. The fraction of sp³-hybridized carbons (Fsp3) is 0.125. The van der Waals surface area contributed by atoms with E-state index in [0.717, 1.165) is 5.56 Å². The molecule has 9 nitrogen and oxygen atoms in total. The molecule has 2 heterocycles. The summed E-state index contributed by atoms with van der Waals surface area (Å²) in [5.74, 6) is 0.818. The third-order valence-electron chi connectivity index (χ3n) is 3.48. The van der Waals surface area contributed by atoms with Gasteiger partial charge in [-0.3, -0.25) is 10.1 Å². The zero-order valence-corrected chi connectivity index (χ0v) is 13.4. The molecule has 0 aliphatic heterocycles. The van der Waals surface area contributed by atoms with Crippen molar-refractivity contribution >= 4 is 17.8 Å². The van der Waals surface area contributed by atoms with Crippen molar-refractivity contribution in [1.29, 1.82) is 0 Å². The lowest BCUT2D eigenvalue weighted by Gasteiger charge is -2.03. The molecule has 0 bridgehead atoms. The Kier molecular flexibility index (Phi) is 4.21. The summed E-state index contributed by atoms with van der Waals surface area (Å²) in [6.07, 6.45) is 4.68. The summed E-state index contributed by atoms with van der Waals surface area (Å²) in [6.45, 7) is 0. The van der Waals surface area contributed by atoms with Crippen molar-refractivity contribution in [3.8, 4) is 23.1 Å². The van der Waals surface area contributed by atoms with E-state index in [9.17, 15) is 15.2 Å². The number of ether oxygens (including phenoxy) is 1. The Morgan fingerprint density at radius 3 is 2.80 bits per heavy atom. The van der Waals surface area contributed by atoms with E-state index in [4.69, 9.17) is 9.15 Å². The molecule has 1 N–H and O–H groups in total. The van der Waals surface area contributed by atoms with Crippen LogP contribution in [0.4, 0.5) is 5.69 Å². The molecule has 0 saturated heterocycles. The van der Waals surface area contributed by atoms with Crippen molar-refractivity contribution in [3.05, 3.63) is 52.0 Å². The number of aromatic nitrogens is 3. The molecular weight excluding hydrogens is 328 g/mol. The van der Waals surface area contributed by atoms with Gasteiger partial charge in [-0.25, -0.2) is 0 Å². The van der Waals surface area contributed by atoms with Crippen molar-refractivity contribution in [1.82, 2.24) is 14.8 Å². The number of aryl methyl sites for hydroxylation is 1. The number of phenolic OH excluding ortho intramolecular Hbond substituents is 1. The first-order valence-electron chi connectivity index (χ1n) is 7.17. The minimum Gasteiger partial charge on any atom is -0.504 e. The molecular formula is C16H14N4O5. The van der Waals surface area contributed by atoms with Gasteiger partial charge in [-0.15, -0.1) is 10.2 Å². The van der Waals surface area contributed by atoms with Gasteiger partial charge in [-0.1, -0.05) is 6.07 Å². The van der Waals surface area contributed by atoms with E-state index < -0.39 is 4.92 Å². The van der Waals surface area contributed by atoms with Crippen LogP contribution < -0.4 is 4.74 Å². The van der Waals surface area contributed by atoms with Crippen molar-refractivity contribution in [3.63, 3.8) is 0 Å². The molecule has 0 amide bonds. The summed E-state index contributed by atoms with van der Waals surface area (Å²) >= 11 is 0. The lowest BCUT2D eigenvalue weighted by molar-refractivity contribution is -0.384. The third-order valence-corrected chi connectivity index (χ3v) is 3.48. The predicted octanol–water partition coefficient (Wildman–Crippen LogP) is 2.87. The van der Waals surface area contributed by atoms with Gasteiger partial charge in [0.15, 0.2) is 11.5 Å². The molecule has 0 spiro atoms. The van der Waals surface area contributed by atoms with Gasteiger partial charge in [-0.05, 0) is 23.8 Å². The average Bonchev–Trinajstić information content (AvgIpc) is 3.20. The van der Waals surface area contributed by atoms with Crippen LogP contribution in [-0.4, -0.2) is 31.9 Å². The number of hydrogen-bond donors (Lipinski definition) is 1. The van der Waals surface area contributed by atoms with Crippen LogP contribution in [0.2, 0.25) is 0 Å². The second-order valence-electron chi connectivity index (χ2n) is 5.16. The first kappa shape index (κ1) is 16.2. The van der Waals surface area contributed by atoms with Crippen LogP contribution in [0.5, 0.6) is 11.5 Å². The normalized spacial score (nSPS) is 11.1. The Bertz CT molecular complexity index is 957. The summed E-state index contributed by atoms with van der Waals surface area (Å²) in [7, 11) is 3.12. The molecule has 0 unspecified atom stereocenters. The summed E-state index contributed by atoms with van der Waals surface area (Å²) < 4.78 is 12.1. The topological polar surface area (TPSA) is 116 Å². The third kappa shape index (κ3) is 3.34. The van der Waals surface area contributed by atoms with Crippen LogP contribution in [0, 0.1) is 10.1 Å². The van der Waals surface area contributed by atoms with Crippen LogP contribution in [0.25, 0.3) is 23.7 Å². The molecule has 0 fully saturated rings. The number of nitro groups is 1. The van der Waals surface area contributed by atoms with Gasteiger partial charge < -0.3 is 18.8 Å². The maximum absolute atomic E-state index is 10.8. The number of benzene rings is 1. The molecule has 128 valence electrons. The van der Waals surface area contributed by atoms with Crippen LogP contribution in [0.15, 0.2) is 34.9 Å². The Morgan fingerprint density at radius 2 is 2.12 bits per heavy atom. The summed E-state index contributed by atoms with van der Waals surface area (Å²) in [4.78, 5) is 10.3. The molecule has 1 aromatic carbocycles. The van der Waals surface area contributed by atoms with E-state index in [-0.39, 0.29) is 23.2 Å². The molecule has 2 aromatic heterocycles. The number of nitrogens with zero attached hydrogens (tertiary/aromatic N) is 4. The molecule has 0 radical (unpaired) electrons. The summed E-state index contributed by atoms with van der Waals surface area (Å²) in [5, 5.41) is 28.2. The fourth-order valence-corrected chi connectivity index (χ4v) is 2.23. The zero-order chi connectivity index (χ0) is 18.0. The minimum atomic E-state index is -0.487. The Morgan fingerprint density at radius 1 is 1.32 bits per heavy atom. The minimum absolute atomic E-state index is 0.0463. The van der Waals surface area contributed by atoms with Gasteiger partial charge in [0.05, 0.1) is 18.2 Å². The maximum atomic E-state index is 10.8. The number of rotatable bonds is 5. The highest BCUT2D eigenvalue weighted by Crippen LogP contribution is 2.28. The molecule has 25 heavy (non-hydrogen) atoms. The molecule has 0 aliphatic carbocycles. The average molecular weight is 342 g/mol. The van der Waals surface area contributed by atoms with Gasteiger partial charge in [0.25, 0.3) is 11.6 Å². The lowest BCUT2D eigenvalue weighted by atomic mass is 10.2. The Labute approximate surface area is 141 Å². The number of aromatic hydroxyl groups is 1. The highest BCUT2D eigenvalue weighted by molar-refractivity contribution is 5.68. The van der Waals surface area contributed by atoms with Crippen LogP contribution in [0.3, 0.4) is 0 Å². The lowest BCUT2D eigenvalue weighted by Crippen LogP contribution is -1.89. The van der Waals surface area contributed by atoms with Crippen LogP contribution in [0.1, 0.15) is 11.5 Å². The predicted molar refractivity (Wildman–Crippen MR) is 88.9 cm³/mol. The van der Waals surface area contributed by atoms with Gasteiger partial charge in [0.1, 0.15) is 5.69 Å². The molecule has 0 atom stereocenters. The number of methoxy groups -OCH3 is 1. The first-order chi connectivity index (χ1) is 12.0. The van der Waals surface area contributed by atoms with Crippen molar-refractivity contribution in [2.45, 2.75) is 0 Å². The van der Waals surface area contributed by atoms with Crippen molar-refractivity contribution in [2.24, 2.45) is 7.05 Å². The fourth-order valence-electron chi connectivity index (χ4n) is 2.23. The van der Waals surface area contributed by atoms with Gasteiger partial charge in [0, 0.05) is 19.2 Å². The van der Waals surface area contributed by atoms with E-state index in [2.05, 4.69) is 10.2 Å². The molecule has 0 aliphatic rings. The largest absolute Gasteiger partial charge is 0.504 e. The monoisotopic (exact) mass is 342 g/mol. The van der Waals surface area contributed by atoms with Gasteiger partial charge in [0.2, 0.25) is 5.89 Å². The van der Waals surface area contributed by atoms with Crippen molar-refractivity contribution in [2.75, 3.05) is 7.11 Å². The van der Waals surface area contributed by atoms with E-state index in [1.807, 2.05) is 0 Å². The number of phenols is 1. The van der Waals surface area contributed by atoms with Crippen molar-refractivity contribution < 1.29 is 19.2 Å². The van der Waals surface area contributed by atoms with Crippen LogP contribution in [-0.2, 0) is 7.05 Å². The summed E-state index contributed by atoms with van der Waals surface area (Å²) in [6, 6.07) is 6.24. The second-order valence-corrected chi connectivity index (χ2v) is 5.16. The SMILES string of the molecule is COc1cc(/C=C/c2nnc(-c3cc([N+](=O)[O-])cn3C)o2)ccc1O. The highest BCUT2D eigenvalue weighted by Gasteiger charge is 2.17. The van der Waals surface area contributed by atoms with E-state index in [1.165, 1.54) is 25.4 Å². The van der Waals surface area contributed by atoms with Gasteiger partial charge in [-0.2, -0.15) is 0 Å². The molecule has 0 saturated carbocycles. The highest BCUT2D eigenvalue weighted by atomic mass is 16.6. The standard InChI is InChI=1S/C16H14N4O5/c1-19-9-11(20(22)23)8-12(19)16-18-17-15(25-16)6-4-10-3-5-13(21)14(7-10)24-2/h3-9,21H,1-2H3/b6-4+. The quantitative estimate of drug-likeness (QED) is 0.559. The van der Waals surface area contributed by atoms with E-state index in [1.54, 1.807) is 35.9 Å². The van der Waals surface area contributed by atoms with Gasteiger partial charge >= 0.3 is 0 Å². The first-order valence-corrected chi connectivity index (χ1v) is 7.17. The second kappa shape index (κ2) is 6.48. The van der Waals surface area contributed by atoms with Crippen LogP contribution >= 0.6 is 0 Å². The van der Waals surface area contributed by atoms with E-state index in [0.29, 0.717) is 11.4 Å². The summed E-state index contributed by atoms with van der Waals surface area (Å²) in [5.41, 5.74) is 1.16.